The molecule has 6 aliphatic heterocycles. The summed E-state index contributed by atoms with van der Waals surface area (Å²) >= 11 is 0. The Kier molecular flexibility index (Phi) is 2.92. The molecule has 2 nitrogen and oxygen atoms in total. The first-order valence-corrected chi connectivity index (χ1v) is 17.0. The number of aromatic nitrogens is 1. The van der Waals surface area contributed by atoms with Gasteiger partial charge in [-0.1, -0.05) is 0 Å². The molecule has 0 aliphatic carbocycles. The quantitative estimate of drug-likeness (QED) is 0.267. The summed E-state index contributed by atoms with van der Waals surface area (Å²) in [5, 5.41) is 4.48. The molecule has 1 aromatic heterocycles. The topological polar surface area (TPSA) is 17.3 Å². The average Bonchev–Trinajstić information content (AvgIpc) is 3.82. The monoisotopic (exact) mass is 482 g/mol. The Labute approximate surface area is 214 Å². The van der Waals surface area contributed by atoms with Gasteiger partial charge in [-0.15, -0.1) is 0 Å². The van der Waals surface area contributed by atoms with Crippen LogP contribution < -0.4 is 21.7 Å². The van der Waals surface area contributed by atoms with E-state index in [1.165, 1.54) is 55.0 Å². The number of hydrogen-bond acceptors (Lipinski definition) is 1. The first-order valence-electron chi connectivity index (χ1n) is 13.1. The number of hydrogen-bond donors (Lipinski definition) is 0. The molecule has 0 bridgehead atoms. The molecule has 5 aromatic rings. The number of benzene rings is 4. The van der Waals surface area contributed by atoms with E-state index in [1.807, 2.05) is 0 Å². The molecular formula is C25H15B7N2P2-. The van der Waals surface area contributed by atoms with Gasteiger partial charge in [-0.05, 0) is 0 Å². The molecule has 0 atom stereocenters. The van der Waals surface area contributed by atoms with Gasteiger partial charge in [0.15, 0.2) is 0 Å². The van der Waals surface area contributed by atoms with Gasteiger partial charge in [-0.3, -0.25) is 0 Å². The van der Waals surface area contributed by atoms with Gasteiger partial charge in [0.05, 0.1) is 0 Å². The predicted octanol–water partition coefficient (Wildman–Crippen LogP) is 2.31. The second-order valence-electron chi connectivity index (χ2n) is 11.6. The summed E-state index contributed by atoms with van der Waals surface area (Å²) in [7, 11) is 2.42. The van der Waals surface area contributed by atoms with Gasteiger partial charge in [-0.2, -0.15) is 0 Å². The molecule has 11 rings (SSSR count). The molecule has 7 heterocycles. The van der Waals surface area contributed by atoms with Gasteiger partial charge in [0, 0.05) is 0 Å². The summed E-state index contributed by atoms with van der Waals surface area (Å²) in [4.78, 5) is 0. The van der Waals surface area contributed by atoms with Crippen molar-refractivity contribution in [3.63, 3.8) is 0 Å². The molecule has 5 radical (unpaired) electrons. The van der Waals surface area contributed by atoms with Crippen LogP contribution in [0.4, 0.5) is 0 Å². The molecule has 0 N–H and O–H groups in total. The number of nitrogens with zero attached hydrogens (tertiary/aromatic N) is 2. The molecule has 0 unspecified atom stereocenters. The van der Waals surface area contributed by atoms with E-state index in [1.54, 1.807) is 5.30 Å². The van der Waals surface area contributed by atoms with Crippen LogP contribution >= 0.6 is 13.9 Å². The van der Waals surface area contributed by atoms with E-state index in [9.17, 15) is 0 Å². The molecular weight excluding hydrogens is 466 g/mol. The maximum absolute atomic E-state index is 5.75. The molecule has 0 spiro atoms. The van der Waals surface area contributed by atoms with Crippen LogP contribution in [-0.2, 0) is 6.42 Å². The predicted molar refractivity (Wildman–Crippen MR) is 165 cm³/mol. The van der Waals surface area contributed by atoms with Crippen molar-refractivity contribution in [3.05, 3.63) is 90.0 Å². The summed E-state index contributed by atoms with van der Waals surface area (Å²) in [6.45, 7) is 5.60. The molecule has 36 heavy (non-hydrogen) atoms. The zero-order valence-corrected chi connectivity index (χ0v) is 21.3. The van der Waals surface area contributed by atoms with Crippen LogP contribution in [0.1, 0.15) is 11.1 Å². The fourth-order valence-corrected chi connectivity index (χ4v) is 17.1. The number of para-hydroxylation sites is 1. The van der Waals surface area contributed by atoms with Crippen LogP contribution in [0.2, 0.25) is 0 Å². The van der Waals surface area contributed by atoms with E-state index < -0.39 is 6.39 Å². The third-order valence-corrected chi connectivity index (χ3v) is 18.4. The second kappa shape index (κ2) is 5.57. The zero-order chi connectivity index (χ0) is 23.0. The minimum absolute atomic E-state index is 0.0788. The van der Waals surface area contributed by atoms with Crippen molar-refractivity contribution in [2.45, 2.75) is 6.42 Å². The molecule has 11 heteroatoms. The van der Waals surface area contributed by atoms with E-state index in [0.717, 1.165) is 18.8 Å². The van der Waals surface area contributed by atoms with Crippen LogP contribution in [0.25, 0.3) is 27.5 Å². The van der Waals surface area contributed by atoms with Crippen molar-refractivity contribution >= 4 is 104 Å². The summed E-state index contributed by atoms with van der Waals surface area (Å²) < 4.78 is 8.36. The molecule has 6 aliphatic rings. The molecule has 4 fully saturated rings. The Hall–Kier alpha value is -2.34. The third kappa shape index (κ3) is 1.92. The Morgan fingerprint density at radius 1 is 0.889 bits per heavy atom. The average molecular weight is 481 g/mol. The first-order chi connectivity index (χ1) is 17.8. The van der Waals surface area contributed by atoms with Crippen LogP contribution in [0.5, 0.6) is 0 Å². The summed E-state index contributed by atoms with van der Waals surface area (Å²) in [6, 6.07) is 30.3. The normalized spacial score (nSPS) is 22.1. The van der Waals surface area contributed by atoms with Crippen molar-refractivity contribution in [2.75, 3.05) is 0 Å². The van der Waals surface area contributed by atoms with Crippen LogP contribution in [0, 0.1) is 0 Å². The van der Waals surface area contributed by atoms with Gasteiger partial charge >= 0.3 is 215 Å². The fourth-order valence-electron chi connectivity index (χ4n) is 7.79. The van der Waals surface area contributed by atoms with Crippen molar-refractivity contribution in [3.8, 4) is 5.69 Å². The van der Waals surface area contributed by atoms with Gasteiger partial charge in [0.1, 0.15) is 0 Å². The molecule has 4 saturated heterocycles. The molecule has 157 valence electrons. The van der Waals surface area contributed by atoms with E-state index in [2.05, 4.69) is 104 Å². The number of rotatable bonds is 2. The van der Waals surface area contributed by atoms with Gasteiger partial charge in [-0.25, -0.2) is 0 Å². The maximum atomic E-state index is 5.75. The summed E-state index contributed by atoms with van der Waals surface area (Å²) in [5.41, 5.74) is 11.6. The minimum atomic E-state index is -2.25. The van der Waals surface area contributed by atoms with Crippen molar-refractivity contribution in [1.29, 1.82) is 0 Å². The van der Waals surface area contributed by atoms with Crippen molar-refractivity contribution < 1.29 is 0 Å². The molecule has 0 saturated carbocycles. The Morgan fingerprint density at radius 2 is 1.69 bits per heavy atom. The van der Waals surface area contributed by atoms with E-state index in [-0.39, 0.29) is 7.47 Å². The number of fused-ring (bicyclic) bond motifs is 10. The van der Waals surface area contributed by atoms with Crippen LogP contribution in [0.3, 0.4) is 0 Å². The summed E-state index contributed by atoms with van der Waals surface area (Å²) in [6.07, 6.45) is 1.16. The second-order valence-corrected chi connectivity index (χ2v) is 18.5. The van der Waals surface area contributed by atoms with Gasteiger partial charge < -0.3 is 0 Å². The summed E-state index contributed by atoms with van der Waals surface area (Å²) in [5.74, 6) is 0. The van der Waals surface area contributed by atoms with E-state index >= 15 is 0 Å². The zero-order valence-electron chi connectivity index (χ0n) is 19.5. The van der Waals surface area contributed by atoms with Crippen LogP contribution in [-0.4, -0.2) is 50.8 Å². The van der Waals surface area contributed by atoms with Gasteiger partial charge in [0.25, 0.3) is 0 Å². The Bertz CT molecular complexity index is 1970. The standard InChI is InChI=1S/C25H15B7N2P2/c1-2-7-18-15(6-1)14-16-12-13-17-23-21(34-20-9-4-3-8-19(20)29(18)24(16)25(17)34)10-5-11-22(23)36(27-30(36)28-36)33-35-31-26-32(31)35/h1-13H,14H2/q-1. The van der Waals surface area contributed by atoms with Crippen molar-refractivity contribution in [1.82, 2.24) is 4.57 Å². The Balaban J connectivity index is 1.31. The van der Waals surface area contributed by atoms with E-state index in [0.29, 0.717) is 12.9 Å². The van der Waals surface area contributed by atoms with Crippen LogP contribution in [0.15, 0.2) is 83.4 Å². The van der Waals surface area contributed by atoms with Gasteiger partial charge in [0.2, 0.25) is 0 Å². The van der Waals surface area contributed by atoms with E-state index in [4.69, 9.17) is 4.52 Å². The third-order valence-electron chi connectivity index (χ3n) is 9.92. The van der Waals surface area contributed by atoms with Crippen molar-refractivity contribution in [2.24, 2.45) is 4.52 Å². The fraction of sp³-hybridized carbons (Fsp3) is 0.0400. The molecule has 4 aromatic carbocycles. The molecule has 0 amide bonds. The first kappa shape index (κ1) is 18.8. The SMILES string of the molecule is [B]1B2[B-]P12(N=[P+]1B2[B-]B21)c1cccc2c1c1ccc3c4c1n2-c1ccccc1B4c1ccccc1C3. The Morgan fingerprint density at radius 3 is 2.50 bits per heavy atom.